The molecule has 27 heavy (non-hydrogen) atoms. The predicted octanol–water partition coefficient (Wildman–Crippen LogP) is 5.79. The van der Waals surface area contributed by atoms with Crippen LogP contribution < -0.4 is 0 Å². The van der Waals surface area contributed by atoms with Gasteiger partial charge in [-0.05, 0) is 44.7 Å². The average Bonchev–Trinajstić information content (AvgIpc) is 2.62. The van der Waals surface area contributed by atoms with E-state index in [0.717, 1.165) is 11.4 Å². The van der Waals surface area contributed by atoms with E-state index in [4.69, 9.17) is 37.2 Å². The average molecular weight is 453 g/mol. The Kier molecular flexibility index (Phi) is 11.1. The molecule has 0 saturated carbocycles. The summed E-state index contributed by atoms with van der Waals surface area (Å²) < 4.78 is 15.9. The van der Waals surface area contributed by atoms with Crippen LogP contribution in [0.15, 0.2) is 46.0 Å². The summed E-state index contributed by atoms with van der Waals surface area (Å²) in [4.78, 5) is 12.2. The van der Waals surface area contributed by atoms with Gasteiger partial charge in [-0.25, -0.2) is 4.79 Å². The minimum absolute atomic E-state index is 0.0348. The van der Waals surface area contributed by atoms with E-state index in [1.165, 1.54) is 0 Å². The molecule has 1 aromatic rings. The van der Waals surface area contributed by atoms with E-state index in [2.05, 4.69) is 10.2 Å². The number of halogens is 1. The molecule has 11 heteroatoms. The molecule has 0 bridgehead atoms. The highest BCUT2D eigenvalue weighted by Crippen LogP contribution is 2.61. The van der Waals surface area contributed by atoms with Gasteiger partial charge in [-0.15, -0.1) is 10.2 Å². The number of esters is 1. The van der Waals surface area contributed by atoms with Gasteiger partial charge >= 0.3 is 5.97 Å². The largest absolute Gasteiger partial charge is 0.509 e. The summed E-state index contributed by atoms with van der Waals surface area (Å²) in [6, 6.07) is 6.74. The number of carbonyl (C=O) groups excluding carboxylic acids is 1. The molecule has 0 radical (unpaired) electrons. The second kappa shape index (κ2) is 12.5. The van der Waals surface area contributed by atoms with Gasteiger partial charge in [0.05, 0.1) is 30.6 Å². The van der Waals surface area contributed by atoms with Gasteiger partial charge in [0.25, 0.3) is 0 Å². The Hall–Kier alpha value is -0.960. The van der Waals surface area contributed by atoms with Gasteiger partial charge in [0.1, 0.15) is 11.4 Å². The van der Waals surface area contributed by atoms with Crippen LogP contribution in [0.4, 0.5) is 5.69 Å². The van der Waals surface area contributed by atoms with Crippen molar-refractivity contribution in [2.45, 2.75) is 20.8 Å². The van der Waals surface area contributed by atoms with Gasteiger partial charge in [0, 0.05) is 0 Å². The van der Waals surface area contributed by atoms with Crippen LogP contribution >= 0.6 is 28.7 Å². The Labute approximate surface area is 173 Å². The molecular weight excluding hydrogens is 431 g/mol. The van der Waals surface area contributed by atoms with Crippen molar-refractivity contribution in [3.63, 3.8) is 0 Å². The third-order valence-electron chi connectivity index (χ3n) is 2.79. The van der Waals surface area contributed by atoms with Gasteiger partial charge < -0.3 is 18.9 Å². The maximum absolute atomic E-state index is 12.2. The van der Waals surface area contributed by atoms with Gasteiger partial charge in [-0.1, -0.05) is 35.1 Å². The first-order valence-corrected chi connectivity index (χ1v) is 12.8. The van der Waals surface area contributed by atoms with E-state index in [1.807, 2.05) is 0 Å². The number of carbonyl (C=O) groups is 1. The maximum Gasteiger partial charge on any atom is 0.362 e. The molecular formula is C16H22ClN2O5PS2. The fourth-order valence-electron chi connectivity index (χ4n) is 1.69. The maximum atomic E-state index is 12.2. The van der Waals surface area contributed by atoms with Crippen molar-refractivity contribution in [1.82, 2.24) is 0 Å². The number of aliphatic hydroxyl groups excluding tert-OH is 1. The lowest BCUT2D eigenvalue weighted by atomic mass is 10.3. The molecule has 0 amide bonds. The zero-order valence-electron chi connectivity index (χ0n) is 15.3. The number of nitrogens with zero attached hydrogens (tertiary/aromatic N) is 2. The lowest BCUT2D eigenvalue weighted by Gasteiger charge is -2.19. The first-order chi connectivity index (χ1) is 12.9. The number of ether oxygens (including phenoxy) is 1. The molecule has 0 aliphatic carbocycles. The number of aliphatic hydroxyl groups is 1. The van der Waals surface area contributed by atoms with Crippen molar-refractivity contribution in [3.05, 3.63) is 40.7 Å². The SMILES string of the molecule is CCOC(=O)C(N=Nc1ccccc1Cl)=C(O)CSP(=S)(OCC)OCC. The number of azo groups is 1. The molecule has 0 aliphatic rings. The molecule has 0 saturated heterocycles. The molecule has 1 N–H and O–H groups in total. The highest BCUT2D eigenvalue weighted by atomic mass is 35.5. The Morgan fingerprint density at radius 2 is 1.85 bits per heavy atom. The molecule has 0 aliphatic heterocycles. The van der Waals surface area contributed by atoms with Crippen LogP contribution in [-0.2, 0) is 30.4 Å². The molecule has 0 spiro atoms. The quantitative estimate of drug-likeness (QED) is 0.149. The van der Waals surface area contributed by atoms with Crippen molar-refractivity contribution in [2.24, 2.45) is 10.2 Å². The van der Waals surface area contributed by atoms with Crippen LogP contribution in [0.1, 0.15) is 20.8 Å². The number of hydrogen-bond donors (Lipinski definition) is 1. The fraction of sp³-hybridized carbons (Fsp3) is 0.438. The Balaban J connectivity index is 3.07. The molecule has 1 aromatic carbocycles. The number of benzene rings is 1. The van der Waals surface area contributed by atoms with Crippen LogP contribution in [-0.4, -0.2) is 36.6 Å². The molecule has 0 aromatic heterocycles. The van der Waals surface area contributed by atoms with Crippen molar-refractivity contribution in [2.75, 3.05) is 25.6 Å². The van der Waals surface area contributed by atoms with Crippen LogP contribution in [0.2, 0.25) is 5.02 Å². The summed E-state index contributed by atoms with van der Waals surface area (Å²) in [5, 5.41) is 18.5. The molecule has 0 atom stereocenters. The third kappa shape index (κ3) is 8.29. The van der Waals surface area contributed by atoms with E-state index < -0.39 is 11.7 Å². The van der Waals surface area contributed by atoms with E-state index in [-0.39, 0.29) is 23.8 Å². The summed E-state index contributed by atoms with van der Waals surface area (Å²) in [7, 11) is 0. The molecule has 0 unspecified atom stereocenters. The summed E-state index contributed by atoms with van der Waals surface area (Å²) in [5.41, 5.74) is -2.60. The molecule has 0 fully saturated rings. The molecule has 1 rings (SSSR count). The summed E-state index contributed by atoms with van der Waals surface area (Å²) in [6.45, 7) is 6.14. The van der Waals surface area contributed by atoms with Crippen molar-refractivity contribution >= 4 is 52.1 Å². The smallest absolute Gasteiger partial charge is 0.362 e. The molecule has 7 nitrogen and oxygen atoms in total. The monoisotopic (exact) mass is 452 g/mol. The van der Waals surface area contributed by atoms with E-state index in [1.54, 1.807) is 45.0 Å². The lowest BCUT2D eigenvalue weighted by molar-refractivity contribution is -0.138. The number of hydrogen-bond acceptors (Lipinski definition) is 9. The van der Waals surface area contributed by atoms with Gasteiger partial charge in [0.2, 0.25) is 11.4 Å². The topological polar surface area (TPSA) is 89.7 Å². The first kappa shape index (κ1) is 24.1. The van der Waals surface area contributed by atoms with Crippen LogP contribution in [0.3, 0.4) is 0 Å². The van der Waals surface area contributed by atoms with Gasteiger partial charge in [-0.3, -0.25) is 0 Å². The summed E-state index contributed by atoms with van der Waals surface area (Å²) in [6.07, 6.45) is 0. The van der Waals surface area contributed by atoms with Crippen LogP contribution in [0.25, 0.3) is 0 Å². The minimum Gasteiger partial charge on any atom is -0.509 e. The number of rotatable bonds is 11. The Bertz CT molecular complexity index is 735. The van der Waals surface area contributed by atoms with Crippen LogP contribution in [0.5, 0.6) is 0 Å². The molecule has 0 heterocycles. The van der Waals surface area contributed by atoms with Crippen LogP contribution in [0, 0.1) is 0 Å². The standard InChI is InChI=1S/C16H22ClN2O5PS2/c1-4-22-16(21)15(19-18-13-10-8-7-9-12(13)17)14(20)11-27-25(26,23-5-2)24-6-3/h7-10,20H,4-6,11H2,1-3H3. The van der Waals surface area contributed by atoms with Crippen molar-refractivity contribution < 1.29 is 23.7 Å². The first-order valence-electron chi connectivity index (χ1n) is 8.16. The third-order valence-corrected chi connectivity index (χ3v) is 8.52. The lowest BCUT2D eigenvalue weighted by Crippen LogP contribution is -2.09. The highest BCUT2D eigenvalue weighted by molar-refractivity contribution is 8.67. The zero-order valence-corrected chi connectivity index (χ0v) is 18.5. The van der Waals surface area contributed by atoms with Gasteiger partial charge in [-0.2, -0.15) is 0 Å². The Morgan fingerprint density at radius 1 is 1.22 bits per heavy atom. The van der Waals surface area contributed by atoms with E-state index in [9.17, 15) is 9.90 Å². The zero-order chi connectivity index (χ0) is 20.3. The molecule has 150 valence electrons. The second-order valence-corrected chi connectivity index (χ2v) is 11.4. The van der Waals surface area contributed by atoms with Crippen molar-refractivity contribution in [3.8, 4) is 0 Å². The highest BCUT2D eigenvalue weighted by Gasteiger charge is 2.23. The normalized spacial score (nSPS) is 12.9. The van der Waals surface area contributed by atoms with E-state index in [0.29, 0.717) is 23.9 Å². The van der Waals surface area contributed by atoms with Gasteiger partial charge in [0.15, 0.2) is 0 Å². The fourth-order valence-corrected chi connectivity index (χ4v) is 6.16. The predicted molar refractivity (Wildman–Crippen MR) is 112 cm³/mol. The second-order valence-electron chi connectivity index (χ2n) is 4.72. The summed E-state index contributed by atoms with van der Waals surface area (Å²) >= 11 is 12.5. The Morgan fingerprint density at radius 3 is 2.41 bits per heavy atom. The minimum atomic E-state index is -2.63. The van der Waals surface area contributed by atoms with Crippen molar-refractivity contribution in [1.29, 1.82) is 0 Å². The van der Waals surface area contributed by atoms with E-state index >= 15 is 0 Å². The summed E-state index contributed by atoms with van der Waals surface area (Å²) in [5.74, 6) is -1.16.